The molecule has 4 heteroatoms. The molecular formula is C27H36N2O2. The van der Waals surface area contributed by atoms with Crippen LogP contribution in [0.25, 0.3) is 0 Å². The van der Waals surface area contributed by atoms with Crippen LogP contribution in [0.2, 0.25) is 0 Å². The number of hydrogen-bond donors (Lipinski definition) is 0. The first-order valence-corrected chi connectivity index (χ1v) is 12.2. The van der Waals surface area contributed by atoms with E-state index in [1.807, 2.05) is 6.07 Å². The van der Waals surface area contributed by atoms with E-state index >= 15 is 0 Å². The van der Waals surface area contributed by atoms with Gasteiger partial charge in [0.1, 0.15) is 11.5 Å². The maximum Gasteiger partial charge on any atom is 0.123 e. The predicted octanol–water partition coefficient (Wildman–Crippen LogP) is 5.23. The van der Waals surface area contributed by atoms with Crippen LogP contribution in [0.4, 0.5) is 0 Å². The van der Waals surface area contributed by atoms with Crippen LogP contribution in [-0.4, -0.2) is 56.2 Å². The zero-order chi connectivity index (χ0) is 21.0. The Morgan fingerprint density at radius 2 is 1.84 bits per heavy atom. The summed E-state index contributed by atoms with van der Waals surface area (Å²) in [5.74, 6) is 2.36. The molecular weight excluding hydrogens is 384 g/mol. The van der Waals surface area contributed by atoms with Crippen molar-refractivity contribution in [2.75, 3.05) is 46.4 Å². The third kappa shape index (κ3) is 4.47. The highest BCUT2D eigenvalue weighted by atomic mass is 16.5. The lowest BCUT2D eigenvalue weighted by Gasteiger charge is -2.38. The summed E-state index contributed by atoms with van der Waals surface area (Å²) in [6.07, 6.45) is 7.75. The van der Waals surface area contributed by atoms with Crippen molar-refractivity contribution in [3.63, 3.8) is 0 Å². The lowest BCUT2D eigenvalue weighted by Crippen LogP contribution is -2.35. The number of rotatable bonds is 7. The molecule has 5 rings (SSSR count). The molecule has 2 saturated heterocycles. The molecule has 0 bridgehead atoms. The van der Waals surface area contributed by atoms with Gasteiger partial charge in [0.25, 0.3) is 0 Å². The Bertz CT molecular complexity index is 877. The zero-order valence-corrected chi connectivity index (χ0v) is 18.9. The van der Waals surface area contributed by atoms with Crippen LogP contribution >= 0.6 is 0 Å². The Hall–Kier alpha value is -2.04. The van der Waals surface area contributed by atoms with E-state index in [1.165, 1.54) is 68.4 Å². The Kier molecular flexibility index (Phi) is 6.47. The number of methoxy groups -OCH3 is 1. The van der Waals surface area contributed by atoms with Gasteiger partial charge >= 0.3 is 0 Å². The largest absolute Gasteiger partial charge is 0.497 e. The number of nitrogens with zero attached hydrogens (tertiary/aromatic N) is 2. The van der Waals surface area contributed by atoms with E-state index in [4.69, 9.17) is 9.47 Å². The Balaban J connectivity index is 1.38. The molecule has 0 amide bonds. The molecule has 4 nitrogen and oxygen atoms in total. The molecule has 2 fully saturated rings. The third-order valence-corrected chi connectivity index (χ3v) is 7.41. The topological polar surface area (TPSA) is 24.9 Å². The molecule has 3 heterocycles. The van der Waals surface area contributed by atoms with Gasteiger partial charge in [-0.15, -0.1) is 0 Å². The fourth-order valence-corrected chi connectivity index (χ4v) is 5.86. The average Bonchev–Trinajstić information content (AvgIpc) is 3.31. The highest BCUT2D eigenvalue weighted by Gasteiger charge is 2.38. The molecule has 3 aliphatic rings. The van der Waals surface area contributed by atoms with Gasteiger partial charge in [0.05, 0.1) is 13.7 Å². The van der Waals surface area contributed by atoms with Gasteiger partial charge in [-0.3, -0.25) is 4.90 Å². The summed E-state index contributed by atoms with van der Waals surface area (Å²) < 4.78 is 12.0. The summed E-state index contributed by atoms with van der Waals surface area (Å²) in [4.78, 5) is 5.27. The molecule has 166 valence electrons. The maximum absolute atomic E-state index is 6.48. The Morgan fingerprint density at radius 3 is 2.71 bits per heavy atom. The molecule has 3 aliphatic heterocycles. The van der Waals surface area contributed by atoms with E-state index in [0.717, 1.165) is 37.6 Å². The zero-order valence-electron chi connectivity index (χ0n) is 18.9. The third-order valence-electron chi connectivity index (χ3n) is 7.41. The highest BCUT2D eigenvalue weighted by Crippen LogP contribution is 2.47. The standard InChI is InChI=1S/C27H36N2O2/c1-30-22-10-5-9-21(19-22)24-20-29-17-7-12-25(29)23-11-6-13-26(27(23)24)31-18-8-16-28-14-3-2-4-15-28/h5-6,9-11,13,19,24-25H,2-4,7-8,12,14-18,20H2,1H3/t24-,25+/m0/s1. The first kappa shape index (κ1) is 20.8. The van der Waals surface area contributed by atoms with Crippen LogP contribution in [0.1, 0.15) is 67.2 Å². The predicted molar refractivity (Wildman–Crippen MR) is 125 cm³/mol. The van der Waals surface area contributed by atoms with Gasteiger partial charge in [0.15, 0.2) is 0 Å². The number of benzene rings is 2. The van der Waals surface area contributed by atoms with Gasteiger partial charge in [-0.1, -0.05) is 30.7 Å². The highest BCUT2D eigenvalue weighted by molar-refractivity contribution is 5.51. The van der Waals surface area contributed by atoms with E-state index in [0.29, 0.717) is 12.0 Å². The number of hydrogen-bond acceptors (Lipinski definition) is 4. The summed E-state index contributed by atoms with van der Waals surface area (Å²) in [6.45, 7) is 6.74. The maximum atomic E-state index is 6.48. The molecule has 0 radical (unpaired) electrons. The van der Waals surface area contributed by atoms with Crippen molar-refractivity contribution in [3.8, 4) is 11.5 Å². The minimum Gasteiger partial charge on any atom is -0.497 e. The number of piperidine rings is 1. The van der Waals surface area contributed by atoms with Crippen molar-refractivity contribution in [1.82, 2.24) is 9.80 Å². The summed E-state index contributed by atoms with van der Waals surface area (Å²) >= 11 is 0. The Morgan fingerprint density at radius 1 is 0.968 bits per heavy atom. The minimum atomic E-state index is 0.331. The second kappa shape index (κ2) is 9.62. The molecule has 0 N–H and O–H groups in total. The van der Waals surface area contributed by atoms with Crippen LogP contribution in [-0.2, 0) is 0 Å². The van der Waals surface area contributed by atoms with Gasteiger partial charge in [-0.25, -0.2) is 0 Å². The second-order valence-corrected chi connectivity index (χ2v) is 9.35. The molecule has 31 heavy (non-hydrogen) atoms. The van der Waals surface area contributed by atoms with Crippen LogP contribution in [0.15, 0.2) is 42.5 Å². The van der Waals surface area contributed by atoms with Crippen molar-refractivity contribution >= 4 is 0 Å². The van der Waals surface area contributed by atoms with Crippen molar-refractivity contribution < 1.29 is 9.47 Å². The van der Waals surface area contributed by atoms with Gasteiger partial charge in [-0.2, -0.15) is 0 Å². The molecule has 0 saturated carbocycles. The normalized spacial score (nSPS) is 23.9. The summed E-state index contributed by atoms with van der Waals surface area (Å²) in [6, 6.07) is 15.9. The smallest absolute Gasteiger partial charge is 0.123 e. The molecule has 0 aromatic heterocycles. The fourth-order valence-electron chi connectivity index (χ4n) is 5.86. The van der Waals surface area contributed by atoms with Gasteiger partial charge in [0.2, 0.25) is 0 Å². The van der Waals surface area contributed by atoms with E-state index in [1.54, 1.807) is 7.11 Å². The first-order valence-electron chi connectivity index (χ1n) is 12.2. The van der Waals surface area contributed by atoms with Crippen LogP contribution in [0, 0.1) is 0 Å². The molecule has 0 spiro atoms. The van der Waals surface area contributed by atoms with Gasteiger partial charge < -0.3 is 14.4 Å². The van der Waals surface area contributed by atoms with Crippen molar-refractivity contribution in [2.45, 2.75) is 50.5 Å². The quantitative estimate of drug-likeness (QED) is 0.573. The van der Waals surface area contributed by atoms with Crippen molar-refractivity contribution in [2.24, 2.45) is 0 Å². The van der Waals surface area contributed by atoms with E-state index in [9.17, 15) is 0 Å². The lowest BCUT2D eigenvalue weighted by molar-refractivity contribution is 0.200. The van der Waals surface area contributed by atoms with Crippen LogP contribution < -0.4 is 9.47 Å². The first-order chi connectivity index (χ1) is 15.3. The number of ether oxygens (including phenoxy) is 2. The van der Waals surface area contributed by atoms with Crippen LogP contribution in [0.3, 0.4) is 0 Å². The summed E-state index contributed by atoms with van der Waals surface area (Å²) in [7, 11) is 1.75. The van der Waals surface area contributed by atoms with E-state index < -0.39 is 0 Å². The molecule has 0 aliphatic carbocycles. The van der Waals surface area contributed by atoms with E-state index in [-0.39, 0.29) is 0 Å². The van der Waals surface area contributed by atoms with Crippen LogP contribution in [0.5, 0.6) is 11.5 Å². The van der Waals surface area contributed by atoms with E-state index in [2.05, 4.69) is 46.2 Å². The lowest BCUT2D eigenvalue weighted by atomic mass is 9.81. The van der Waals surface area contributed by atoms with Crippen molar-refractivity contribution in [1.29, 1.82) is 0 Å². The molecule has 2 atom stereocenters. The Labute approximate surface area is 187 Å². The second-order valence-electron chi connectivity index (χ2n) is 9.35. The summed E-state index contributed by atoms with van der Waals surface area (Å²) in [5.41, 5.74) is 4.22. The minimum absolute atomic E-state index is 0.331. The summed E-state index contributed by atoms with van der Waals surface area (Å²) in [5, 5.41) is 0. The van der Waals surface area contributed by atoms with Gasteiger partial charge in [-0.05, 0) is 81.1 Å². The van der Waals surface area contributed by atoms with Crippen molar-refractivity contribution in [3.05, 3.63) is 59.2 Å². The monoisotopic (exact) mass is 420 g/mol. The average molecular weight is 421 g/mol. The molecule has 0 unspecified atom stereocenters. The molecule has 2 aromatic rings. The fraction of sp³-hybridized carbons (Fsp3) is 0.556. The number of fused-ring (bicyclic) bond motifs is 3. The molecule has 2 aromatic carbocycles. The SMILES string of the molecule is COc1cccc([C@@H]2CN3CCC[C@@H]3c3cccc(OCCCN4CCCCC4)c32)c1. The van der Waals surface area contributed by atoms with Gasteiger partial charge in [0, 0.05) is 30.6 Å². The number of likely N-dealkylation sites (tertiary alicyclic amines) is 1.